The van der Waals surface area contributed by atoms with Gasteiger partial charge in [0, 0.05) is 26.2 Å². The van der Waals surface area contributed by atoms with Crippen LogP contribution in [0.4, 0.5) is 11.6 Å². The molecular formula is C14H25N5O. The smallest absolute Gasteiger partial charge is 0.239 e. The van der Waals surface area contributed by atoms with E-state index in [1.807, 2.05) is 25.9 Å². The number of rotatable bonds is 8. The van der Waals surface area contributed by atoms with Gasteiger partial charge in [-0.25, -0.2) is 9.97 Å². The van der Waals surface area contributed by atoms with Crippen LogP contribution in [0.3, 0.4) is 0 Å². The third kappa shape index (κ3) is 4.36. The fourth-order valence-electron chi connectivity index (χ4n) is 2.04. The fourth-order valence-corrected chi connectivity index (χ4v) is 2.04. The molecule has 1 aromatic heterocycles. The van der Waals surface area contributed by atoms with Crippen LogP contribution in [0, 0.1) is 0 Å². The van der Waals surface area contributed by atoms with Gasteiger partial charge in [0.25, 0.3) is 0 Å². The maximum absolute atomic E-state index is 11.8. The van der Waals surface area contributed by atoms with Crippen molar-refractivity contribution >= 4 is 17.5 Å². The molecule has 2 N–H and O–H groups in total. The second-order valence-electron chi connectivity index (χ2n) is 4.73. The standard InChI is InChI=1S/C14H25N5O/c1-5-7-11-13(15-3)17-10-18-14(11)19(4)9-12(20)16-8-6-2/h10H,5-9H2,1-4H3,(H,16,20)(H,15,17,18). The molecule has 0 unspecified atom stereocenters. The molecule has 20 heavy (non-hydrogen) atoms. The van der Waals surface area contributed by atoms with Crippen LogP contribution in [0.1, 0.15) is 32.3 Å². The summed E-state index contributed by atoms with van der Waals surface area (Å²) < 4.78 is 0. The highest BCUT2D eigenvalue weighted by Gasteiger charge is 2.15. The number of hydrogen-bond acceptors (Lipinski definition) is 5. The number of carbonyl (C=O) groups excluding carboxylic acids is 1. The molecule has 0 radical (unpaired) electrons. The molecule has 1 rings (SSSR count). The highest BCUT2D eigenvalue weighted by atomic mass is 16.2. The van der Waals surface area contributed by atoms with E-state index in [0.717, 1.165) is 36.5 Å². The van der Waals surface area contributed by atoms with Crippen molar-refractivity contribution in [2.75, 3.05) is 37.4 Å². The summed E-state index contributed by atoms with van der Waals surface area (Å²) in [7, 11) is 3.73. The van der Waals surface area contributed by atoms with Gasteiger partial charge in [-0.3, -0.25) is 4.79 Å². The zero-order valence-electron chi connectivity index (χ0n) is 12.9. The predicted molar refractivity (Wildman–Crippen MR) is 82.1 cm³/mol. The van der Waals surface area contributed by atoms with E-state index in [1.165, 1.54) is 6.33 Å². The SMILES string of the molecule is CCCNC(=O)CN(C)c1ncnc(NC)c1CCC. The number of hydrogen-bond donors (Lipinski definition) is 2. The third-order valence-electron chi connectivity index (χ3n) is 2.97. The molecular weight excluding hydrogens is 254 g/mol. The van der Waals surface area contributed by atoms with Crippen molar-refractivity contribution in [3.8, 4) is 0 Å². The molecule has 0 aromatic carbocycles. The Kier molecular flexibility index (Phi) is 6.76. The van der Waals surface area contributed by atoms with Crippen LogP contribution in [-0.4, -0.2) is 43.1 Å². The number of carbonyl (C=O) groups is 1. The Morgan fingerprint density at radius 3 is 2.65 bits per heavy atom. The van der Waals surface area contributed by atoms with Crippen LogP contribution >= 0.6 is 0 Å². The van der Waals surface area contributed by atoms with Gasteiger partial charge < -0.3 is 15.5 Å². The number of nitrogens with one attached hydrogen (secondary N) is 2. The number of anilines is 2. The summed E-state index contributed by atoms with van der Waals surface area (Å²) in [6, 6.07) is 0. The van der Waals surface area contributed by atoms with Crippen LogP contribution in [0.5, 0.6) is 0 Å². The van der Waals surface area contributed by atoms with Crippen LogP contribution in [-0.2, 0) is 11.2 Å². The number of likely N-dealkylation sites (N-methyl/N-ethyl adjacent to an activating group) is 1. The molecule has 0 bridgehead atoms. The molecule has 0 spiro atoms. The Labute approximate surface area is 121 Å². The Hall–Kier alpha value is -1.85. The van der Waals surface area contributed by atoms with Crippen LogP contribution in [0.2, 0.25) is 0 Å². The van der Waals surface area contributed by atoms with Crippen molar-refractivity contribution in [2.24, 2.45) is 0 Å². The first-order valence-electron chi connectivity index (χ1n) is 7.13. The van der Waals surface area contributed by atoms with Gasteiger partial charge in [0.1, 0.15) is 18.0 Å². The van der Waals surface area contributed by atoms with Gasteiger partial charge in [0.15, 0.2) is 0 Å². The molecule has 1 heterocycles. The van der Waals surface area contributed by atoms with E-state index < -0.39 is 0 Å². The van der Waals surface area contributed by atoms with Gasteiger partial charge in [-0.05, 0) is 12.8 Å². The third-order valence-corrected chi connectivity index (χ3v) is 2.97. The highest BCUT2D eigenvalue weighted by molar-refractivity contribution is 5.81. The molecule has 0 aliphatic rings. The molecule has 1 amide bonds. The number of amides is 1. The maximum Gasteiger partial charge on any atom is 0.239 e. The van der Waals surface area contributed by atoms with Gasteiger partial charge in [-0.2, -0.15) is 0 Å². The summed E-state index contributed by atoms with van der Waals surface area (Å²) in [6.07, 6.45) is 4.35. The predicted octanol–water partition coefficient (Wildman–Crippen LogP) is 1.43. The van der Waals surface area contributed by atoms with Crippen LogP contribution in [0.15, 0.2) is 6.33 Å². The lowest BCUT2D eigenvalue weighted by atomic mass is 10.1. The monoisotopic (exact) mass is 279 g/mol. The largest absolute Gasteiger partial charge is 0.373 e. The van der Waals surface area contributed by atoms with Gasteiger partial charge in [0.2, 0.25) is 5.91 Å². The molecule has 112 valence electrons. The van der Waals surface area contributed by atoms with E-state index in [-0.39, 0.29) is 5.91 Å². The Bertz CT molecular complexity index is 436. The quantitative estimate of drug-likeness (QED) is 0.753. The molecule has 0 aliphatic carbocycles. The zero-order chi connectivity index (χ0) is 15.0. The molecule has 0 atom stereocenters. The first kappa shape index (κ1) is 16.2. The van der Waals surface area contributed by atoms with Crippen LogP contribution in [0.25, 0.3) is 0 Å². The second kappa shape index (κ2) is 8.35. The van der Waals surface area contributed by atoms with Crippen molar-refractivity contribution in [3.63, 3.8) is 0 Å². The molecule has 0 fully saturated rings. The zero-order valence-corrected chi connectivity index (χ0v) is 12.9. The average molecular weight is 279 g/mol. The van der Waals surface area contributed by atoms with E-state index in [1.54, 1.807) is 0 Å². The minimum Gasteiger partial charge on any atom is -0.373 e. The highest BCUT2D eigenvalue weighted by Crippen LogP contribution is 2.23. The van der Waals surface area contributed by atoms with Crippen molar-refractivity contribution in [3.05, 3.63) is 11.9 Å². The van der Waals surface area contributed by atoms with Gasteiger partial charge >= 0.3 is 0 Å². The Morgan fingerprint density at radius 1 is 1.30 bits per heavy atom. The topological polar surface area (TPSA) is 70.2 Å². The van der Waals surface area contributed by atoms with Crippen molar-refractivity contribution in [2.45, 2.75) is 33.1 Å². The van der Waals surface area contributed by atoms with E-state index >= 15 is 0 Å². The first-order chi connectivity index (χ1) is 9.63. The van der Waals surface area contributed by atoms with Crippen LogP contribution < -0.4 is 15.5 Å². The lowest BCUT2D eigenvalue weighted by molar-refractivity contribution is -0.119. The summed E-state index contributed by atoms with van der Waals surface area (Å²) in [4.78, 5) is 22.2. The van der Waals surface area contributed by atoms with Gasteiger partial charge in [-0.1, -0.05) is 20.3 Å². The van der Waals surface area contributed by atoms with Crippen molar-refractivity contribution < 1.29 is 4.79 Å². The number of aromatic nitrogens is 2. The number of nitrogens with zero attached hydrogens (tertiary/aromatic N) is 3. The normalized spacial score (nSPS) is 10.2. The summed E-state index contributed by atoms with van der Waals surface area (Å²) in [5.41, 5.74) is 1.06. The summed E-state index contributed by atoms with van der Waals surface area (Å²) in [5.74, 6) is 1.66. The van der Waals surface area contributed by atoms with E-state index in [9.17, 15) is 4.79 Å². The maximum atomic E-state index is 11.8. The van der Waals surface area contributed by atoms with Gasteiger partial charge in [0.05, 0.1) is 6.54 Å². The van der Waals surface area contributed by atoms with Crippen molar-refractivity contribution in [1.29, 1.82) is 0 Å². The first-order valence-corrected chi connectivity index (χ1v) is 7.13. The van der Waals surface area contributed by atoms with E-state index in [0.29, 0.717) is 13.1 Å². The molecule has 6 heteroatoms. The molecule has 0 saturated heterocycles. The minimum atomic E-state index is 0.0152. The second-order valence-corrected chi connectivity index (χ2v) is 4.73. The van der Waals surface area contributed by atoms with E-state index in [4.69, 9.17) is 0 Å². The Morgan fingerprint density at radius 2 is 2.05 bits per heavy atom. The summed E-state index contributed by atoms with van der Waals surface area (Å²) in [6.45, 7) is 5.16. The van der Waals surface area contributed by atoms with Crippen molar-refractivity contribution in [1.82, 2.24) is 15.3 Å². The lowest BCUT2D eigenvalue weighted by Gasteiger charge is -2.21. The lowest BCUT2D eigenvalue weighted by Crippen LogP contribution is -2.36. The summed E-state index contributed by atoms with van der Waals surface area (Å²) in [5, 5.41) is 5.96. The molecule has 1 aromatic rings. The van der Waals surface area contributed by atoms with E-state index in [2.05, 4.69) is 27.5 Å². The minimum absolute atomic E-state index is 0.0152. The van der Waals surface area contributed by atoms with Gasteiger partial charge in [-0.15, -0.1) is 0 Å². The summed E-state index contributed by atoms with van der Waals surface area (Å²) >= 11 is 0. The fraction of sp³-hybridized carbons (Fsp3) is 0.643. The molecule has 6 nitrogen and oxygen atoms in total. The average Bonchev–Trinajstić information content (AvgIpc) is 2.45. The Balaban J connectivity index is 2.85. The molecule has 0 aliphatic heterocycles. The molecule has 0 saturated carbocycles.